The van der Waals surface area contributed by atoms with Crippen molar-refractivity contribution >= 4 is 17.7 Å². The molecular formula is C12H17N3O3. The van der Waals surface area contributed by atoms with Crippen molar-refractivity contribution in [3.8, 4) is 0 Å². The molecule has 0 saturated carbocycles. The molecule has 0 aliphatic carbocycles. The van der Waals surface area contributed by atoms with Crippen LogP contribution in [0.2, 0.25) is 0 Å². The normalized spacial score (nSPS) is 11.8. The van der Waals surface area contributed by atoms with Crippen LogP contribution in [0.3, 0.4) is 0 Å². The maximum absolute atomic E-state index is 10.9. The Labute approximate surface area is 105 Å². The molecule has 6 heteroatoms. The number of pyridine rings is 1. The van der Waals surface area contributed by atoms with Crippen LogP contribution in [0.15, 0.2) is 18.2 Å². The number of hydrogen-bond acceptors (Lipinski definition) is 4. The summed E-state index contributed by atoms with van der Waals surface area (Å²) < 4.78 is 0. The lowest BCUT2D eigenvalue weighted by Crippen LogP contribution is -2.19. The topological polar surface area (TPSA) is 105 Å². The second kappa shape index (κ2) is 6.58. The zero-order chi connectivity index (χ0) is 13.5. The number of aliphatic carboxylic acids is 1. The fourth-order valence-corrected chi connectivity index (χ4v) is 1.53. The maximum Gasteiger partial charge on any atom is 0.303 e. The summed E-state index contributed by atoms with van der Waals surface area (Å²) >= 11 is 0. The van der Waals surface area contributed by atoms with Crippen LogP contribution in [-0.4, -0.2) is 28.5 Å². The minimum atomic E-state index is -0.817. The fourth-order valence-electron chi connectivity index (χ4n) is 1.53. The highest BCUT2D eigenvalue weighted by molar-refractivity contribution is 5.91. The fraction of sp³-hybridized carbons (Fsp3) is 0.417. The summed E-state index contributed by atoms with van der Waals surface area (Å²) in [7, 11) is 0. The number of carbonyl (C=O) groups is 2. The SMILES string of the molecule is CCC(CNc1cccc(C(N)=O)n1)CC(=O)O. The minimum Gasteiger partial charge on any atom is -0.481 e. The van der Waals surface area contributed by atoms with Gasteiger partial charge in [0, 0.05) is 13.0 Å². The monoisotopic (exact) mass is 251 g/mol. The van der Waals surface area contributed by atoms with E-state index in [0.29, 0.717) is 12.4 Å². The van der Waals surface area contributed by atoms with Crippen molar-refractivity contribution in [1.82, 2.24) is 4.98 Å². The number of aromatic nitrogens is 1. The van der Waals surface area contributed by atoms with Gasteiger partial charge in [0.1, 0.15) is 11.5 Å². The molecule has 0 aliphatic rings. The van der Waals surface area contributed by atoms with Gasteiger partial charge in [-0.15, -0.1) is 0 Å². The Morgan fingerprint density at radius 3 is 2.78 bits per heavy atom. The van der Waals surface area contributed by atoms with Crippen LogP contribution >= 0.6 is 0 Å². The first kappa shape index (κ1) is 14.0. The lowest BCUT2D eigenvalue weighted by Gasteiger charge is -2.14. The first-order valence-corrected chi connectivity index (χ1v) is 5.75. The highest BCUT2D eigenvalue weighted by Crippen LogP contribution is 2.11. The summed E-state index contributed by atoms with van der Waals surface area (Å²) in [6.07, 6.45) is 0.869. The molecule has 1 unspecified atom stereocenters. The average Bonchev–Trinajstić information content (AvgIpc) is 2.34. The van der Waals surface area contributed by atoms with Crippen molar-refractivity contribution in [3.63, 3.8) is 0 Å². The highest BCUT2D eigenvalue weighted by Gasteiger charge is 2.11. The Morgan fingerprint density at radius 1 is 1.50 bits per heavy atom. The summed E-state index contributed by atoms with van der Waals surface area (Å²) in [6, 6.07) is 4.91. The van der Waals surface area contributed by atoms with Gasteiger partial charge in [0.2, 0.25) is 0 Å². The van der Waals surface area contributed by atoms with Gasteiger partial charge < -0.3 is 16.2 Å². The molecule has 0 aromatic carbocycles. The molecule has 1 atom stereocenters. The predicted octanol–water partition coefficient (Wildman–Crippen LogP) is 1.09. The Bertz CT molecular complexity index is 434. The molecule has 0 saturated heterocycles. The number of hydrogen-bond donors (Lipinski definition) is 3. The van der Waals surface area contributed by atoms with Gasteiger partial charge in [-0.05, 0) is 18.1 Å². The third-order valence-electron chi connectivity index (χ3n) is 2.61. The van der Waals surface area contributed by atoms with Crippen molar-refractivity contribution in [1.29, 1.82) is 0 Å². The van der Waals surface area contributed by atoms with Crippen LogP contribution in [0.25, 0.3) is 0 Å². The van der Waals surface area contributed by atoms with E-state index in [1.165, 1.54) is 6.07 Å². The molecule has 4 N–H and O–H groups in total. The number of nitrogens with one attached hydrogen (secondary N) is 1. The van der Waals surface area contributed by atoms with Gasteiger partial charge in [0.15, 0.2) is 0 Å². The summed E-state index contributed by atoms with van der Waals surface area (Å²) in [5.41, 5.74) is 5.31. The Kier molecular flexibility index (Phi) is 5.10. The molecular weight excluding hydrogens is 234 g/mol. The maximum atomic E-state index is 10.9. The Hall–Kier alpha value is -2.11. The third kappa shape index (κ3) is 4.40. The van der Waals surface area contributed by atoms with E-state index in [1.807, 2.05) is 6.92 Å². The smallest absolute Gasteiger partial charge is 0.303 e. The minimum absolute atomic E-state index is 0.0292. The number of rotatable bonds is 7. The van der Waals surface area contributed by atoms with Crippen LogP contribution in [0.1, 0.15) is 30.3 Å². The zero-order valence-corrected chi connectivity index (χ0v) is 10.2. The van der Waals surface area contributed by atoms with Gasteiger partial charge in [-0.2, -0.15) is 0 Å². The van der Waals surface area contributed by atoms with E-state index in [0.717, 1.165) is 6.42 Å². The van der Waals surface area contributed by atoms with E-state index < -0.39 is 11.9 Å². The molecule has 1 rings (SSSR count). The first-order chi connectivity index (χ1) is 8.52. The first-order valence-electron chi connectivity index (χ1n) is 5.75. The lowest BCUT2D eigenvalue weighted by atomic mass is 10.0. The van der Waals surface area contributed by atoms with Gasteiger partial charge in [-0.3, -0.25) is 9.59 Å². The number of carboxylic acids is 1. The molecule has 6 nitrogen and oxygen atoms in total. The van der Waals surface area contributed by atoms with Crippen LogP contribution < -0.4 is 11.1 Å². The van der Waals surface area contributed by atoms with Gasteiger partial charge in [0.25, 0.3) is 5.91 Å². The van der Waals surface area contributed by atoms with E-state index in [9.17, 15) is 9.59 Å². The molecule has 98 valence electrons. The van der Waals surface area contributed by atoms with E-state index in [4.69, 9.17) is 10.8 Å². The third-order valence-corrected chi connectivity index (χ3v) is 2.61. The highest BCUT2D eigenvalue weighted by atomic mass is 16.4. The van der Waals surface area contributed by atoms with Crippen molar-refractivity contribution in [3.05, 3.63) is 23.9 Å². The van der Waals surface area contributed by atoms with E-state index >= 15 is 0 Å². The summed E-state index contributed by atoms with van der Waals surface area (Å²) in [4.78, 5) is 25.6. The number of amides is 1. The Morgan fingerprint density at radius 2 is 2.22 bits per heavy atom. The van der Waals surface area contributed by atoms with E-state index in [1.54, 1.807) is 12.1 Å². The molecule has 1 heterocycles. The number of nitrogens with two attached hydrogens (primary N) is 1. The molecule has 0 bridgehead atoms. The Balaban J connectivity index is 2.59. The van der Waals surface area contributed by atoms with E-state index in [-0.39, 0.29) is 18.0 Å². The molecule has 0 fully saturated rings. The number of carboxylic acid groups (broad SMARTS) is 1. The molecule has 18 heavy (non-hydrogen) atoms. The zero-order valence-electron chi connectivity index (χ0n) is 10.2. The number of anilines is 1. The van der Waals surface area contributed by atoms with Gasteiger partial charge in [0.05, 0.1) is 0 Å². The molecule has 1 aromatic heterocycles. The van der Waals surface area contributed by atoms with Gasteiger partial charge in [-0.25, -0.2) is 4.98 Å². The number of nitrogens with zero attached hydrogens (tertiary/aromatic N) is 1. The van der Waals surface area contributed by atoms with Crippen LogP contribution in [-0.2, 0) is 4.79 Å². The van der Waals surface area contributed by atoms with Crippen LogP contribution in [0, 0.1) is 5.92 Å². The van der Waals surface area contributed by atoms with Gasteiger partial charge in [-0.1, -0.05) is 19.4 Å². The molecule has 1 aromatic rings. The quantitative estimate of drug-likeness (QED) is 0.672. The molecule has 0 spiro atoms. The molecule has 0 aliphatic heterocycles. The van der Waals surface area contributed by atoms with Crippen LogP contribution in [0.4, 0.5) is 5.82 Å². The van der Waals surface area contributed by atoms with Crippen molar-refractivity contribution in [2.24, 2.45) is 11.7 Å². The average molecular weight is 251 g/mol. The van der Waals surface area contributed by atoms with Crippen LogP contribution in [0.5, 0.6) is 0 Å². The lowest BCUT2D eigenvalue weighted by molar-refractivity contribution is -0.138. The molecule has 0 radical (unpaired) electrons. The summed E-state index contributed by atoms with van der Waals surface area (Å²) in [5.74, 6) is -0.851. The largest absolute Gasteiger partial charge is 0.481 e. The number of primary amides is 1. The summed E-state index contributed by atoms with van der Waals surface area (Å²) in [6.45, 7) is 2.43. The second-order valence-corrected chi connectivity index (χ2v) is 4.03. The predicted molar refractivity (Wildman–Crippen MR) is 67.3 cm³/mol. The number of carbonyl (C=O) groups excluding carboxylic acids is 1. The summed E-state index contributed by atoms with van der Waals surface area (Å²) in [5, 5.41) is 11.7. The van der Waals surface area contributed by atoms with Crippen molar-refractivity contribution < 1.29 is 14.7 Å². The van der Waals surface area contributed by atoms with Gasteiger partial charge >= 0.3 is 5.97 Å². The molecule has 1 amide bonds. The van der Waals surface area contributed by atoms with Crippen molar-refractivity contribution in [2.45, 2.75) is 19.8 Å². The standard InChI is InChI=1S/C12H17N3O3/c1-2-8(6-11(16)17)7-14-10-5-3-4-9(15-10)12(13)18/h3-5,8H,2,6-7H2,1H3,(H2,13,18)(H,14,15)(H,16,17). The van der Waals surface area contributed by atoms with Crippen molar-refractivity contribution in [2.75, 3.05) is 11.9 Å². The van der Waals surface area contributed by atoms with E-state index in [2.05, 4.69) is 10.3 Å². The second-order valence-electron chi connectivity index (χ2n) is 4.03.